The van der Waals surface area contributed by atoms with Crippen LogP contribution in [0, 0.1) is 0 Å². The summed E-state index contributed by atoms with van der Waals surface area (Å²) in [6.45, 7) is 0.715. The molecule has 18 heavy (non-hydrogen) atoms. The van der Waals surface area contributed by atoms with E-state index >= 15 is 0 Å². The molecular weight excluding hydrogens is 226 g/mol. The van der Waals surface area contributed by atoms with Gasteiger partial charge >= 0.3 is 0 Å². The Kier molecular flexibility index (Phi) is 3.67. The van der Waals surface area contributed by atoms with E-state index in [0.29, 0.717) is 12.1 Å². The lowest BCUT2D eigenvalue weighted by atomic mass is 10.2. The number of H-pyrrole nitrogens is 1. The van der Waals surface area contributed by atoms with Crippen molar-refractivity contribution in [3.8, 4) is 0 Å². The third kappa shape index (κ3) is 2.91. The summed E-state index contributed by atoms with van der Waals surface area (Å²) in [5.41, 5.74) is 2.74. The predicted octanol–water partition coefficient (Wildman–Crippen LogP) is 2.33. The van der Waals surface area contributed by atoms with Crippen molar-refractivity contribution < 1.29 is 4.79 Å². The molecule has 0 aliphatic heterocycles. The Morgan fingerprint density at radius 2 is 2.11 bits per heavy atom. The molecule has 0 aliphatic rings. The molecule has 2 N–H and O–H groups in total. The van der Waals surface area contributed by atoms with E-state index in [4.69, 9.17) is 0 Å². The number of nitrogens with zero attached hydrogens (tertiary/aromatic N) is 1. The van der Waals surface area contributed by atoms with Crippen molar-refractivity contribution in [2.75, 3.05) is 19.4 Å². The van der Waals surface area contributed by atoms with E-state index in [-0.39, 0.29) is 5.91 Å². The highest BCUT2D eigenvalue weighted by atomic mass is 16.2. The number of hydrogen-bond donors (Lipinski definition) is 2. The molecule has 0 unspecified atom stereocenters. The molecular formula is C14H17N3O. The molecule has 0 atom stereocenters. The van der Waals surface area contributed by atoms with Crippen LogP contribution in [0.1, 0.15) is 16.1 Å². The van der Waals surface area contributed by atoms with Crippen LogP contribution in [-0.4, -0.2) is 29.9 Å². The van der Waals surface area contributed by atoms with Crippen molar-refractivity contribution in [1.82, 2.24) is 9.88 Å². The van der Waals surface area contributed by atoms with Gasteiger partial charge in [-0.1, -0.05) is 6.07 Å². The number of hydrogen-bond acceptors (Lipinski definition) is 2. The molecule has 0 aliphatic carbocycles. The smallest absolute Gasteiger partial charge is 0.253 e. The first-order valence-corrected chi connectivity index (χ1v) is 5.84. The number of carbonyl (C=O) groups excluding carboxylic acids is 1. The van der Waals surface area contributed by atoms with E-state index in [1.165, 1.54) is 0 Å². The first-order chi connectivity index (χ1) is 8.66. The Balaban J connectivity index is 2.05. The summed E-state index contributed by atoms with van der Waals surface area (Å²) in [7, 11) is 3.50. The van der Waals surface area contributed by atoms with Crippen molar-refractivity contribution in [3.63, 3.8) is 0 Å². The normalized spacial score (nSPS) is 10.1. The number of amides is 1. The monoisotopic (exact) mass is 243 g/mol. The van der Waals surface area contributed by atoms with Crippen LogP contribution < -0.4 is 5.32 Å². The largest absolute Gasteiger partial charge is 0.379 e. The summed E-state index contributed by atoms with van der Waals surface area (Å²) >= 11 is 0. The summed E-state index contributed by atoms with van der Waals surface area (Å²) < 4.78 is 0. The van der Waals surface area contributed by atoms with Gasteiger partial charge in [0.05, 0.1) is 6.54 Å². The molecule has 0 fully saturated rings. The summed E-state index contributed by atoms with van der Waals surface area (Å²) in [5, 5.41) is 3.28. The maximum atomic E-state index is 11.8. The molecule has 94 valence electrons. The topological polar surface area (TPSA) is 48.1 Å². The molecule has 0 spiro atoms. The van der Waals surface area contributed by atoms with Gasteiger partial charge in [-0.2, -0.15) is 0 Å². The summed E-state index contributed by atoms with van der Waals surface area (Å²) in [4.78, 5) is 16.5. The van der Waals surface area contributed by atoms with E-state index in [0.717, 1.165) is 11.4 Å². The van der Waals surface area contributed by atoms with Crippen LogP contribution >= 0.6 is 0 Å². The molecule has 4 nitrogen and oxygen atoms in total. The first kappa shape index (κ1) is 12.2. The second-order valence-corrected chi connectivity index (χ2v) is 4.33. The van der Waals surface area contributed by atoms with Gasteiger partial charge in [0.25, 0.3) is 5.91 Å². The van der Waals surface area contributed by atoms with Gasteiger partial charge in [-0.3, -0.25) is 4.79 Å². The average Bonchev–Trinajstić information content (AvgIpc) is 2.89. The fraction of sp³-hybridized carbons (Fsp3) is 0.214. The lowest BCUT2D eigenvalue weighted by Gasteiger charge is -2.11. The molecule has 2 aromatic rings. The van der Waals surface area contributed by atoms with Gasteiger partial charge in [-0.05, 0) is 30.3 Å². The number of nitrogens with one attached hydrogen (secondary N) is 2. The molecule has 1 aromatic heterocycles. The summed E-state index contributed by atoms with van der Waals surface area (Å²) in [5.74, 6) is 0.0125. The maximum absolute atomic E-state index is 11.8. The minimum atomic E-state index is 0.0125. The molecule has 2 rings (SSSR count). The van der Waals surface area contributed by atoms with Crippen LogP contribution in [0.15, 0.2) is 42.6 Å². The lowest BCUT2D eigenvalue weighted by molar-refractivity contribution is 0.0827. The van der Waals surface area contributed by atoms with Crippen molar-refractivity contribution in [3.05, 3.63) is 53.9 Å². The number of anilines is 1. The Hall–Kier alpha value is -2.23. The third-order valence-electron chi connectivity index (χ3n) is 2.66. The quantitative estimate of drug-likeness (QED) is 0.865. The van der Waals surface area contributed by atoms with Crippen molar-refractivity contribution >= 4 is 11.6 Å². The van der Waals surface area contributed by atoms with E-state index in [1.54, 1.807) is 19.0 Å². The van der Waals surface area contributed by atoms with Crippen molar-refractivity contribution in [2.24, 2.45) is 0 Å². The van der Waals surface area contributed by atoms with Crippen molar-refractivity contribution in [1.29, 1.82) is 0 Å². The van der Waals surface area contributed by atoms with Crippen LogP contribution in [0.25, 0.3) is 0 Å². The van der Waals surface area contributed by atoms with Crippen LogP contribution in [0.2, 0.25) is 0 Å². The maximum Gasteiger partial charge on any atom is 0.253 e. The van der Waals surface area contributed by atoms with E-state index in [9.17, 15) is 4.79 Å². The average molecular weight is 243 g/mol. The SMILES string of the molecule is CN(C)C(=O)c1cccc(NCc2ccc[nH]2)c1. The second kappa shape index (κ2) is 5.40. The van der Waals surface area contributed by atoms with Gasteiger partial charge < -0.3 is 15.2 Å². The Morgan fingerprint density at radius 1 is 1.28 bits per heavy atom. The lowest BCUT2D eigenvalue weighted by Crippen LogP contribution is -2.21. The predicted molar refractivity (Wildman–Crippen MR) is 72.6 cm³/mol. The first-order valence-electron chi connectivity index (χ1n) is 5.84. The standard InChI is InChI=1S/C14H17N3O/c1-17(2)14(18)11-5-3-6-12(9-11)16-10-13-7-4-8-15-13/h3-9,15-16H,10H2,1-2H3. The van der Waals surface area contributed by atoms with Crippen LogP contribution in [-0.2, 0) is 6.54 Å². The van der Waals surface area contributed by atoms with Gasteiger partial charge in [0, 0.05) is 37.2 Å². The minimum absolute atomic E-state index is 0.0125. The van der Waals surface area contributed by atoms with Gasteiger partial charge in [0.2, 0.25) is 0 Å². The number of rotatable bonds is 4. The summed E-state index contributed by atoms with van der Waals surface area (Å²) in [6.07, 6.45) is 1.89. The Bertz CT molecular complexity index is 518. The van der Waals surface area contributed by atoms with Crippen LogP contribution in [0.5, 0.6) is 0 Å². The molecule has 1 amide bonds. The molecule has 0 saturated carbocycles. The fourth-order valence-corrected chi connectivity index (χ4v) is 1.70. The molecule has 0 saturated heterocycles. The fourth-order valence-electron chi connectivity index (χ4n) is 1.70. The van der Waals surface area contributed by atoms with Crippen LogP contribution in [0.4, 0.5) is 5.69 Å². The van der Waals surface area contributed by atoms with Gasteiger partial charge in [-0.25, -0.2) is 0 Å². The van der Waals surface area contributed by atoms with E-state index < -0.39 is 0 Å². The van der Waals surface area contributed by atoms with Gasteiger partial charge in [0.15, 0.2) is 0 Å². The molecule has 4 heteroatoms. The zero-order valence-electron chi connectivity index (χ0n) is 10.6. The highest BCUT2D eigenvalue weighted by molar-refractivity contribution is 5.94. The van der Waals surface area contributed by atoms with E-state index in [1.807, 2.05) is 42.6 Å². The third-order valence-corrected chi connectivity index (χ3v) is 2.66. The molecule has 1 aromatic carbocycles. The number of benzene rings is 1. The van der Waals surface area contributed by atoms with Gasteiger partial charge in [0.1, 0.15) is 0 Å². The van der Waals surface area contributed by atoms with Crippen LogP contribution in [0.3, 0.4) is 0 Å². The second-order valence-electron chi connectivity index (χ2n) is 4.33. The highest BCUT2D eigenvalue weighted by Crippen LogP contribution is 2.13. The zero-order valence-corrected chi connectivity index (χ0v) is 10.6. The Labute approximate surface area is 107 Å². The number of aromatic amines is 1. The highest BCUT2D eigenvalue weighted by Gasteiger charge is 2.07. The number of aromatic nitrogens is 1. The molecule has 1 heterocycles. The van der Waals surface area contributed by atoms with Crippen molar-refractivity contribution in [2.45, 2.75) is 6.54 Å². The Morgan fingerprint density at radius 3 is 2.78 bits per heavy atom. The summed E-state index contributed by atoms with van der Waals surface area (Å²) in [6, 6.07) is 11.5. The van der Waals surface area contributed by atoms with Gasteiger partial charge in [-0.15, -0.1) is 0 Å². The van der Waals surface area contributed by atoms with E-state index in [2.05, 4.69) is 10.3 Å². The molecule has 0 radical (unpaired) electrons. The number of carbonyl (C=O) groups is 1. The zero-order chi connectivity index (χ0) is 13.0. The minimum Gasteiger partial charge on any atom is -0.379 e. The molecule has 0 bridgehead atoms.